The van der Waals surface area contributed by atoms with Gasteiger partial charge in [-0.25, -0.2) is 0 Å². The lowest BCUT2D eigenvalue weighted by molar-refractivity contribution is -0.141. The molecule has 9 heteroatoms. The van der Waals surface area contributed by atoms with Gasteiger partial charge in [-0.15, -0.1) is 0 Å². The number of nitriles is 1. The maximum Gasteiger partial charge on any atom is 0.433 e. The zero-order valence-corrected chi connectivity index (χ0v) is 19.7. The highest BCUT2D eigenvalue weighted by atomic mass is 19.4. The van der Waals surface area contributed by atoms with Gasteiger partial charge in [-0.1, -0.05) is 12.1 Å². The van der Waals surface area contributed by atoms with Crippen LogP contribution in [0.5, 0.6) is 0 Å². The van der Waals surface area contributed by atoms with Crippen molar-refractivity contribution in [1.82, 2.24) is 14.9 Å². The minimum Gasteiger partial charge on any atom is -0.382 e. The van der Waals surface area contributed by atoms with Crippen LogP contribution in [0.15, 0.2) is 73.2 Å². The first-order valence-electron chi connectivity index (χ1n) is 11.8. The van der Waals surface area contributed by atoms with Crippen molar-refractivity contribution in [2.24, 2.45) is 0 Å². The first kappa shape index (κ1) is 24.3. The average Bonchev–Trinajstić information content (AvgIpc) is 2.92. The third-order valence-electron chi connectivity index (χ3n) is 6.52. The number of amides is 1. The number of carbonyl (C=O) groups excluding carboxylic acids is 1. The number of aromatic nitrogens is 2. The summed E-state index contributed by atoms with van der Waals surface area (Å²) in [6.07, 6.45) is 1.35. The fraction of sp³-hybridized carbons (Fsp3) is 0.214. The van der Waals surface area contributed by atoms with Gasteiger partial charge in [0.2, 0.25) is 0 Å². The van der Waals surface area contributed by atoms with E-state index in [1.165, 1.54) is 6.07 Å². The molecule has 1 aliphatic heterocycles. The zero-order chi connectivity index (χ0) is 26.0. The van der Waals surface area contributed by atoms with Crippen molar-refractivity contribution in [1.29, 1.82) is 5.26 Å². The van der Waals surface area contributed by atoms with E-state index in [1.54, 1.807) is 17.2 Å². The summed E-state index contributed by atoms with van der Waals surface area (Å²) in [7, 11) is 0. The van der Waals surface area contributed by atoms with Crippen molar-refractivity contribution >= 4 is 22.4 Å². The molecule has 1 N–H and O–H groups in total. The SMILES string of the molecule is N#Cc1cccc(-c2cc(NC3CCN(C(=O)c4ccc(C(F)(F)F)nc4)CC3)c3cnccc3c2)c1. The second-order valence-corrected chi connectivity index (χ2v) is 8.95. The third kappa shape index (κ3) is 5.23. The molecule has 3 heterocycles. The Kier molecular flexibility index (Phi) is 6.49. The van der Waals surface area contributed by atoms with E-state index >= 15 is 0 Å². The molecule has 0 atom stereocenters. The second-order valence-electron chi connectivity index (χ2n) is 8.95. The summed E-state index contributed by atoms with van der Waals surface area (Å²) in [5.74, 6) is -0.325. The fourth-order valence-corrected chi connectivity index (χ4v) is 4.57. The molecule has 0 spiro atoms. The number of carbonyl (C=O) groups is 1. The quantitative estimate of drug-likeness (QED) is 0.376. The van der Waals surface area contributed by atoms with E-state index in [4.69, 9.17) is 0 Å². The van der Waals surface area contributed by atoms with Gasteiger partial charge in [0.1, 0.15) is 5.69 Å². The van der Waals surface area contributed by atoms with Crippen LogP contribution in [0.25, 0.3) is 21.9 Å². The van der Waals surface area contributed by atoms with Gasteiger partial charge >= 0.3 is 6.18 Å². The van der Waals surface area contributed by atoms with E-state index in [0.29, 0.717) is 31.5 Å². The number of likely N-dealkylation sites (tertiary alicyclic amines) is 1. The lowest BCUT2D eigenvalue weighted by atomic mass is 9.98. The summed E-state index contributed by atoms with van der Waals surface area (Å²) in [5, 5.41) is 14.9. The van der Waals surface area contributed by atoms with E-state index in [2.05, 4.69) is 27.4 Å². The Bertz CT molecular complexity index is 1490. The highest BCUT2D eigenvalue weighted by Crippen LogP contribution is 2.32. The highest BCUT2D eigenvalue weighted by molar-refractivity contribution is 5.97. The van der Waals surface area contributed by atoms with E-state index < -0.39 is 11.9 Å². The number of hydrogen-bond donors (Lipinski definition) is 1. The van der Waals surface area contributed by atoms with Crippen LogP contribution >= 0.6 is 0 Å². The molecule has 2 aromatic heterocycles. The number of alkyl halides is 3. The van der Waals surface area contributed by atoms with Crippen LogP contribution in [0.1, 0.15) is 34.5 Å². The lowest BCUT2D eigenvalue weighted by Crippen LogP contribution is -2.42. The Hall–Kier alpha value is -4.45. The van der Waals surface area contributed by atoms with Crippen LogP contribution < -0.4 is 5.32 Å². The second kappa shape index (κ2) is 9.90. The molecule has 4 aromatic rings. The van der Waals surface area contributed by atoms with E-state index in [0.717, 1.165) is 39.8 Å². The molecule has 2 aromatic carbocycles. The minimum atomic E-state index is -4.54. The van der Waals surface area contributed by atoms with Gasteiger partial charge in [-0.05, 0) is 71.8 Å². The molecule has 0 unspecified atom stereocenters. The first-order valence-corrected chi connectivity index (χ1v) is 11.8. The van der Waals surface area contributed by atoms with Gasteiger partial charge in [-0.2, -0.15) is 18.4 Å². The number of fused-ring (bicyclic) bond motifs is 1. The van der Waals surface area contributed by atoms with Crippen LogP contribution in [0.4, 0.5) is 18.9 Å². The molecule has 1 aliphatic rings. The number of rotatable bonds is 4. The summed E-state index contributed by atoms with van der Waals surface area (Å²) in [5.41, 5.74) is 2.54. The monoisotopic (exact) mass is 501 g/mol. The average molecular weight is 502 g/mol. The number of pyridine rings is 2. The van der Waals surface area contributed by atoms with Crippen molar-refractivity contribution in [2.45, 2.75) is 25.1 Å². The molecule has 0 saturated carbocycles. The Balaban J connectivity index is 1.31. The Labute approximate surface area is 211 Å². The Morgan fingerprint density at radius 1 is 1.03 bits per heavy atom. The van der Waals surface area contributed by atoms with Crippen LogP contribution in [-0.4, -0.2) is 39.9 Å². The first-order chi connectivity index (χ1) is 17.8. The molecule has 6 nitrogen and oxygen atoms in total. The number of hydrogen-bond acceptors (Lipinski definition) is 5. The fourth-order valence-electron chi connectivity index (χ4n) is 4.57. The van der Waals surface area contributed by atoms with Gasteiger partial charge in [0.25, 0.3) is 5.91 Å². The van der Waals surface area contributed by atoms with Gasteiger partial charge in [0.05, 0.1) is 17.2 Å². The van der Waals surface area contributed by atoms with E-state index in [1.807, 2.05) is 36.5 Å². The largest absolute Gasteiger partial charge is 0.433 e. The zero-order valence-electron chi connectivity index (χ0n) is 19.7. The summed E-state index contributed by atoms with van der Waals surface area (Å²) < 4.78 is 38.3. The Morgan fingerprint density at radius 3 is 2.54 bits per heavy atom. The minimum absolute atomic E-state index is 0.0962. The van der Waals surface area contributed by atoms with Gasteiger partial charge in [0, 0.05) is 48.8 Å². The molecule has 0 bridgehead atoms. The van der Waals surface area contributed by atoms with Crippen LogP contribution in [0.2, 0.25) is 0 Å². The maximum atomic E-state index is 12.8. The van der Waals surface area contributed by atoms with Crippen molar-refractivity contribution in [2.75, 3.05) is 18.4 Å². The predicted molar refractivity (Wildman–Crippen MR) is 134 cm³/mol. The van der Waals surface area contributed by atoms with Crippen LogP contribution in [0, 0.1) is 11.3 Å². The van der Waals surface area contributed by atoms with E-state index in [-0.39, 0.29) is 17.5 Å². The number of anilines is 1. The standard InChI is InChI=1S/C28H22F3N5O/c29-28(30,31)26-5-4-21(16-34-26)27(37)36-10-7-23(8-11-36)35-25-14-22(13-20-6-9-33-17-24(20)25)19-3-1-2-18(12-19)15-32/h1-6,9,12-14,16-17,23,35H,7-8,10-11H2. The number of nitrogens with one attached hydrogen (secondary N) is 1. The van der Waals surface area contributed by atoms with Crippen LogP contribution in [-0.2, 0) is 6.18 Å². The normalized spacial score (nSPS) is 14.4. The number of halogens is 3. The molecular weight excluding hydrogens is 479 g/mol. The smallest absolute Gasteiger partial charge is 0.382 e. The molecule has 0 radical (unpaired) electrons. The summed E-state index contributed by atoms with van der Waals surface area (Å²) in [6, 6.07) is 17.8. The third-order valence-corrected chi connectivity index (χ3v) is 6.52. The van der Waals surface area contributed by atoms with Crippen molar-refractivity contribution in [3.8, 4) is 17.2 Å². The van der Waals surface area contributed by atoms with Crippen molar-refractivity contribution in [3.63, 3.8) is 0 Å². The molecular formula is C28H22F3N5O. The van der Waals surface area contributed by atoms with Crippen LogP contribution in [0.3, 0.4) is 0 Å². The molecule has 1 amide bonds. The lowest BCUT2D eigenvalue weighted by Gasteiger charge is -2.33. The van der Waals surface area contributed by atoms with Gasteiger partial charge in [0.15, 0.2) is 0 Å². The molecule has 186 valence electrons. The van der Waals surface area contributed by atoms with Crippen molar-refractivity contribution in [3.05, 3.63) is 90.0 Å². The molecule has 37 heavy (non-hydrogen) atoms. The van der Waals surface area contributed by atoms with Crippen molar-refractivity contribution < 1.29 is 18.0 Å². The summed E-state index contributed by atoms with van der Waals surface area (Å²) >= 11 is 0. The summed E-state index contributed by atoms with van der Waals surface area (Å²) in [6.45, 7) is 0.940. The molecule has 5 rings (SSSR count). The van der Waals surface area contributed by atoms with Gasteiger partial charge < -0.3 is 10.2 Å². The number of nitrogens with zero attached hydrogens (tertiary/aromatic N) is 4. The topological polar surface area (TPSA) is 81.9 Å². The van der Waals surface area contributed by atoms with Gasteiger partial charge in [-0.3, -0.25) is 14.8 Å². The predicted octanol–water partition coefficient (Wildman–Crippen LogP) is 5.90. The molecule has 0 aliphatic carbocycles. The summed E-state index contributed by atoms with van der Waals surface area (Å²) in [4.78, 5) is 22.1. The molecule has 1 saturated heterocycles. The molecule has 1 fully saturated rings. The number of benzene rings is 2. The Morgan fingerprint density at radius 2 is 1.84 bits per heavy atom. The maximum absolute atomic E-state index is 12.8. The highest BCUT2D eigenvalue weighted by Gasteiger charge is 2.32. The van der Waals surface area contributed by atoms with E-state index in [9.17, 15) is 23.2 Å². The number of piperidine rings is 1.